The molecule has 0 spiro atoms. The Hall–Kier alpha value is -1.43. The number of amides is 1. The molecule has 0 aliphatic heterocycles. The van der Waals surface area contributed by atoms with Gasteiger partial charge in [0.05, 0.1) is 6.42 Å². The van der Waals surface area contributed by atoms with Gasteiger partial charge in [0.1, 0.15) is 5.69 Å². The third-order valence-electron chi connectivity index (χ3n) is 2.55. The van der Waals surface area contributed by atoms with Crippen molar-refractivity contribution in [2.75, 3.05) is 6.54 Å². The number of rotatable bonds is 5. The summed E-state index contributed by atoms with van der Waals surface area (Å²) in [4.78, 5) is 28.4. The lowest BCUT2D eigenvalue weighted by Crippen LogP contribution is -2.40. The summed E-state index contributed by atoms with van der Waals surface area (Å²) in [6.45, 7) is 3.98. The van der Waals surface area contributed by atoms with Crippen LogP contribution in [0.1, 0.15) is 30.8 Å². The van der Waals surface area contributed by atoms with Gasteiger partial charge in [-0.3, -0.25) is 9.59 Å². The summed E-state index contributed by atoms with van der Waals surface area (Å²) in [7, 11) is 0. The van der Waals surface area contributed by atoms with Gasteiger partial charge in [-0.1, -0.05) is 0 Å². The molecule has 18 heavy (non-hydrogen) atoms. The van der Waals surface area contributed by atoms with E-state index in [2.05, 4.69) is 20.9 Å². The molecule has 0 saturated carbocycles. The second kappa shape index (κ2) is 6.49. The second-order valence-corrected chi connectivity index (χ2v) is 4.82. The first kappa shape index (κ1) is 14.6. The number of carbonyl (C=O) groups is 2. The van der Waals surface area contributed by atoms with Crippen LogP contribution in [0.5, 0.6) is 0 Å². The van der Waals surface area contributed by atoms with Crippen molar-refractivity contribution in [3.63, 3.8) is 0 Å². The zero-order valence-corrected chi connectivity index (χ0v) is 11.8. The Balaban J connectivity index is 2.85. The van der Waals surface area contributed by atoms with Gasteiger partial charge < -0.3 is 10.0 Å². The van der Waals surface area contributed by atoms with E-state index < -0.39 is 5.97 Å². The fourth-order valence-electron chi connectivity index (χ4n) is 1.67. The van der Waals surface area contributed by atoms with Gasteiger partial charge in [-0.2, -0.15) is 0 Å². The first-order chi connectivity index (χ1) is 8.45. The van der Waals surface area contributed by atoms with Crippen molar-refractivity contribution in [2.24, 2.45) is 0 Å². The van der Waals surface area contributed by atoms with E-state index in [1.807, 2.05) is 6.92 Å². The lowest BCUT2D eigenvalue weighted by atomic mass is 10.2. The molecule has 0 radical (unpaired) electrons. The molecule has 1 N–H and O–H groups in total. The summed E-state index contributed by atoms with van der Waals surface area (Å²) in [5.41, 5.74) is 0.317. The first-order valence-corrected chi connectivity index (χ1v) is 6.39. The summed E-state index contributed by atoms with van der Waals surface area (Å²) in [6, 6.07) is 2.99. The molecule has 1 rings (SSSR count). The smallest absolute Gasteiger partial charge is 0.305 e. The van der Waals surface area contributed by atoms with Crippen molar-refractivity contribution in [1.29, 1.82) is 0 Å². The molecule has 0 aromatic carbocycles. The molecule has 1 amide bonds. The average Bonchev–Trinajstić information content (AvgIpc) is 2.29. The van der Waals surface area contributed by atoms with Gasteiger partial charge >= 0.3 is 5.97 Å². The normalized spacial score (nSPS) is 11.9. The van der Waals surface area contributed by atoms with Crippen LogP contribution in [0, 0.1) is 0 Å². The first-order valence-electron chi connectivity index (χ1n) is 5.60. The van der Waals surface area contributed by atoms with E-state index in [1.165, 1.54) is 4.90 Å². The van der Waals surface area contributed by atoms with Crippen molar-refractivity contribution in [2.45, 2.75) is 26.3 Å². The number of halogens is 1. The second-order valence-electron chi connectivity index (χ2n) is 3.90. The molecule has 98 valence electrons. The minimum absolute atomic E-state index is 0.0733. The van der Waals surface area contributed by atoms with Crippen LogP contribution in [0.15, 0.2) is 22.8 Å². The molecule has 0 aliphatic rings. The van der Waals surface area contributed by atoms with E-state index in [0.29, 0.717) is 12.2 Å². The van der Waals surface area contributed by atoms with E-state index in [-0.39, 0.29) is 18.4 Å². The fourth-order valence-corrected chi connectivity index (χ4v) is 1.90. The standard InChI is InChI=1S/C12H15BrN2O3/c1-3-15(8(2)6-11(16)17)12(18)10-5-4-9(13)7-14-10/h4-5,7-8H,3,6H2,1-2H3,(H,16,17). The molecule has 0 saturated heterocycles. The molecule has 1 unspecified atom stereocenters. The highest BCUT2D eigenvalue weighted by molar-refractivity contribution is 9.10. The Kier molecular flexibility index (Phi) is 5.27. The van der Waals surface area contributed by atoms with Crippen molar-refractivity contribution < 1.29 is 14.7 Å². The molecule has 1 atom stereocenters. The number of aliphatic carboxylic acids is 1. The summed E-state index contributed by atoms with van der Waals surface area (Å²) >= 11 is 3.25. The Morgan fingerprint density at radius 3 is 2.61 bits per heavy atom. The molecule has 1 aromatic heterocycles. The molecule has 1 heterocycles. The van der Waals surface area contributed by atoms with Gasteiger partial charge in [-0.25, -0.2) is 4.98 Å². The van der Waals surface area contributed by atoms with Crippen LogP contribution in [-0.2, 0) is 4.79 Å². The van der Waals surface area contributed by atoms with E-state index in [0.717, 1.165) is 4.47 Å². The number of aromatic nitrogens is 1. The van der Waals surface area contributed by atoms with Gasteiger partial charge in [0, 0.05) is 23.3 Å². The number of carboxylic acid groups (broad SMARTS) is 1. The quantitative estimate of drug-likeness (QED) is 0.904. The van der Waals surface area contributed by atoms with Crippen molar-refractivity contribution in [3.8, 4) is 0 Å². The fraction of sp³-hybridized carbons (Fsp3) is 0.417. The molecule has 6 heteroatoms. The predicted octanol–water partition coefficient (Wildman–Crippen LogP) is 2.17. The molecule has 1 aromatic rings. The molecule has 0 bridgehead atoms. The monoisotopic (exact) mass is 314 g/mol. The van der Waals surface area contributed by atoms with E-state index >= 15 is 0 Å². The number of carboxylic acids is 1. The SMILES string of the molecule is CCN(C(=O)c1ccc(Br)cn1)C(C)CC(=O)O. The highest BCUT2D eigenvalue weighted by atomic mass is 79.9. The minimum Gasteiger partial charge on any atom is -0.481 e. The van der Waals surface area contributed by atoms with Crippen molar-refractivity contribution in [1.82, 2.24) is 9.88 Å². The van der Waals surface area contributed by atoms with Crippen LogP contribution in [0.3, 0.4) is 0 Å². The van der Waals surface area contributed by atoms with E-state index in [9.17, 15) is 9.59 Å². The summed E-state index contributed by atoms with van der Waals surface area (Å²) in [6.07, 6.45) is 1.47. The lowest BCUT2D eigenvalue weighted by molar-refractivity contribution is -0.138. The third kappa shape index (κ3) is 3.80. The Morgan fingerprint density at radius 1 is 1.50 bits per heavy atom. The number of carbonyl (C=O) groups excluding carboxylic acids is 1. The molecular formula is C12H15BrN2O3. The van der Waals surface area contributed by atoms with Crippen molar-refractivity contribution >= 4 is 27.8 Å². The maximum absolute atomic E-state index is 12.2. The molecular weight excluding hydrogens is 300 g/mol. The van der Waals surface area contributed by atoms with Gasteiger partial charge in [0.2, 0.25) is 0 Å². The van der Waals surface area contributed by atoms with E-state index in [4.69, 9.17) is 5.11 Å². The van der Waals surface area contributed by atoms with Crippen LogP contribution in [0.2, 0.25) is 0 Å². The van der Waals surface area contributed by atoms with Crippen LogP contribution in [0.25, 0.3) is 0 Å². The van der Waals surface area contributed by atoms with Gasteiger partial charge in [0.15, 0.2) is 0 Å². The maximum Gasteiger partial charge on any atom is 0.305 e. The average molecular weight is 315 g/mol. The van der Waals surface area contributed by atoms with Crippen LogP contribution in [-0.4, -0.2) is 39.5 Å². The van der Waals surface area contributed by atoms with Crippen LogP contribution in [0.4, 0.5) is 0 Å². The lowest BCUT2D eigenvalue weighted by Gasteiger charge is -2.26. The summed E-state index contributed by atoms with van der Waals surface area (Å²) in [5.74, 6) is -1.17. The Labute approximate surface area is 114 Å². The van der Waals surface area contributed by atoms with Gasteiger partial charge in [-0.05, 0) is 41.9 Å². The highest BCUT2D eigenvalue weighted by Gasteiger charge is 2.22. The Bertz CT molecular complexity index is 433. The van der Waals surface area contributed by atoms with Crippen LogP contribution < -0.4 is 0 Å². The predicted molar refractivity (Wildman–Crippen MR) is 70.4 cm³/mol. The van der Waals surface area contributed by atoms with Gasteiger partial charge in [-0.15, -0.1) is 0 Å². The number of nitrogens with zero attached hydrogens (tertiary/aromatic N) is 2. The Morgan fingerprint density at radius 2 is 2.17 bits per heavy atom. The van der Waals surface area contributed by atoms with Gasteiger partial charge in [0.25, 0.3) is 5.91 Å². The largest absolute Gasteiger partial charge is 0.481 e. The maximum atomic E-state index is 12.2. The topological polar surface area (TPSA) is 70.5 Å². The van der Waals surface area contributed by atoms with E-state index in [1.54, 1.807) is 25.3 Å². The minimum atomic E-state index is -0.919. The molecule has 0 fully saturated rings. The number of pyridine rings is 1. The number of hydrogen-bond acceptors (Lipinski definition) is 3. The third-order valence-corrected chi connectivity index (χ3v) is 3.02. The molecule has 5 nitrogen and oxygen atoms in total. The zero-order chi connectivity index (χ0) is 13.7. The number of hydrogen-bond donors (Lipinski definition) is 1. The van der Waals surface area contributed by atoms with Crippen molar-refractivity contribution in [3.05, 3.63) is 28.5 Å². The highest BCUT2D eigenvalue weighted by Crippen LogP contribution is 2.12. The molecule has 0 aliphatic carbocycles. The summed E-state index contributed by atoms with van der Waals surface area (Å²) < 4.78 is 0.792. The summed E-state index contributed by atoms with van der Waals surface area (Å²) in [5, 5.41) is 8.76. The van der Waals surface area contributed by atoms with Crippen LogP contribution >= 0.6 is 15.9 Å². The zero-order valence-electron chi connectivity index (χ0n) is 10.3.